The molecule has 0 bridgehead atoms. The van der Waals surface area contributed by atoms with Gasteiger partial charge in [-0.2, -0.15) is 0 Å². The molecule has 1 aliphatic heterocycles. The fourth-order valence-corrected chi connectivity index (χ4v) is 2.37. The Morgan fingerprint density at radius 1 is 1.29 bits per heavy atom. The van der Waals surface area contributed by atoms with E-state index in [4.69, 9.17) is 5.73 Å². The second-order valence-corrected chi connectivity index (χ2v) is 4.70. The van der Waals surface area contributed by atoms with Gasteiger partial charge in [0.2, 0.25) is 0 Å². The first kappa shape index (κ1) is 12.0. The zero-order valence-corrected chi connectivity index (χ0v) is 9.84. The highest BCUT2D eigenvalue weighted by molar-refractivity contribution is 4.74. The van der Waals surface area contributed by atoms with Crippen molar-refractivity contribution >= 4 is 0 Å². The normalized spacial score (nSPS) is 22.5. The first-order chi connectivity index (χ1) is 6.76. The lowest BCUT2D eigenvalue weighted by Gasteiger charge is -2.33. The van der Waals surface area contributed by atoms with Crippen LogP contribution in [0.1, 0.15) is 46.0 Å². The van der Waals surface area contributed by atoms with Crippen molar-refractivity contribution < 1.29 is 0 Å². The van der Waals surface area contributed by atoms with Crippen molar-refractivity contribution in [3.8, 4) is 0 Å². The maximum Gasteiger partial charge on any atom is 0.0167 e. The van der Waals surface area contributed by atoms with Gasteiger partial charge < -0.3 is 10.6 Å². The van der Waals surface area contributed by atoms with E-state index in [0.717, 1.165) is 12.5 Å². The van der Waals surface area contributed by atoms with E-state index in [2.05, 4.69) is 18.7 Å². The fraction of sp³-hybridized carbons (Fsp3) is 1.00. The van der Waals surface area contributed by atoms with Gasteiger partial charge in [0.25, 0.3) is 0 Å². The Morgan fingerprint density at radius 3 is 2.43 bits per heavy atom. The van der Waals surface area contributed by atoms with Crippen LogP contribution in [0, 0.1) is 5.92 Å². The summed E-state index contributed by atoms with van der Waals surface area (Å²) in [5.41, 5.74) is 6.04. The summed E-state index contributed by atoms with van der Waals surface area (Å²) in [4.78, 5) is 2.55. The van der Waals surface area contributed by atoms with Crippen LogP contribution in [0.5, 0.6) is 0 Å². The fourth-order valence-electron chi connectivity index (χ4n) is 2.37. The van der Waals surface area contributed by atoms with Crippen molar-refractivity contribution in [2.45, 2.75) is 52.0 Å². The number of rotatable bonds is 5. The molecule has 1 saturated heterocycles. The Hall–Kier alpha value is -0.0800. The molecule has 0 spiro atoms. The highest BCUT2D eigenvalue weighted by atomic mass is 15.1. The summed E-state index contributed by atoms with van der Waals surface area (Å²) in [6, 6.07) is 0.401. The Morgan fingerprint density at radius 2 is 1.93 bits per heavy atom. The van der Waals surface area contributed by atoms with E-state index in [-0.39, 0.29) is 0 Å². The maximum atomic E-state index is 6.04. The summed E-state index contributed by atoms with van der Waals surface area (Å²) in [5, 5.41) is 0. The van der Waals surface area contributed by atoms with Gasteiger partial charge in [-0.25, -0.2) is 0 Å². The molecule has 0 saturated carbocycles. The molecule has 1 heterocycles. The van der Waals surface area contributed by atoms with E-state index in [1.54, 1.807) is 0 Å². The van der Waals surface area contributed by atoms with E-state index in [0.29, 0.717) is 6.04 Å². The van der Waals surface area contributed by atoms with Gasteiger partial charge in [0.05, 0.1) is 0 Å². The van der Waals surface area contributed by atoms with Crippen molar-refractivity contribution in [3.63, 3.8) is 0 Å². The largest absolute Gasteiger partial charge is 0.327 e. The van der Waals surface area contributed by atoms with Crippen LogP contribution in [0.3, 0.4) is 0 Å². The second kappa shape index (κ2) is 6.41. The SMILES string of the molecule is CCCC(N)CN1CCC(CC)CC1. The third-order valence-corrected chi connectivity index (χ3v) is 3.44. The van der Waals surface area contributed by atoms with Gasteiger partial charge in [-0.15, -0.1) is 0 Å². The number of likely N-dealkylation sites (tertiary alicyclic amines) is 1. The molecule has 2 heteroatoms. The van der Waals surface area contributed by atoms with Gasteiger partial charge >= 0.3 is 0 Å². The molecule has 1 aliphatic rings. The third-order valence-electron chi connectivity index (χ3n) is 3.44. The molecule has 2 N–H and O–H groups in total. The topological polar surface area (TPSA) is 29.3 Å². The summed E-state index contributed by atoms with van der Waals surface area (Å²) in [6.45, 7) is 8.18. The Kier molecular flexibility index (Phi) is 5.49. The molecule has 1 fully saturated rings. The van der Waals surface area contributed by atoms with Crippen molar-refractivity contribution in [1.82, 2.24) is 4.90 Å². The van der Waals surface area contributed by atoms with Gasteiger partial charge in [0.15, 0.2) is 0 Å². The van der Waals surface area contributed by atoms with E-state index in [1.165, 1.54) is 45.2 Å². The van der Waals surface area contributed by atoms with Crippen LogP contribution in [0.4, 0.5) is 0 Å². The molecule has 1 rings (SSSR count). The quantitative estimate of drug-likeness (QED) is 0.734. The van der Waals surface area contributed by atoms with Crippen LogP contribution in [0.25, 0.3) is 0 Å². The van der Waals surface area contributed by atoms with Gasteiger partial charge in [-0.3, -0.25) is 0 Å². The van der Waals surface area contributed by atoms with Crippen molar-refractivity contribution in [2.24, 2.45) is 11.7 Å². The first-order valence-electron chi connectivity index (χ1n) is 6.24. The molecule has 2 nitrogen and oxygen atoms in total. The lowest BCUT2D eigenvalue weighted by molar-refractivity contribution is 0.171. The molecule has 0 aliphatic carbocycles. The number of piperidine rings is 1. The Balaban J connectivity index is 2.15. The van der Waals surface area contributed by atoms with Crippen molar-refractivity contribution in [2.75, 3.05) is 19.6 Å². The zero-order chi connectivity index (χ0) is 10.4. The van der Waals surface area contributed by atoms with Crippen LogP contribution in [0.15, 0.2) is 0 Å². The van der Waals surface area contributed by atoms with Crippen LogP contribution in [0.2, 0.25) is 0 Å². The molecule has 84 valence electrons. The lowest BCUT2D eigenvalue weighted by Crippen LogP contribution is -2.41. The molecular weight excluding hydrogens is 172 g/mol. The van der Waals surface area contributed by atoms with Crippen LogP contribution < -0.4 is 5.73 Å². The number of hydrogen-bond acceptors (Lipinski definition) is 2. The second-order valence-electron chi connectivity index (χ2n) is 4.70. The predicted molar refractivity (Wildman–Crippen MR) is 62.3 cm³/mol. The average molecular weight is 198 g/mol. The molecule has 0 aromatic carbocycles. The van der Waals surface area contributed by atoms with Gasteiger partial charge in [0.1, 0.15) is 0 Å². The monoisotopic (exact) mass is 198 g/mol. The van der Waals surface area contributed by atoms with E-state index >= 15 is 0 Å². The third kappa shape index (κ3) is 3.97. The smallest absolute Gasteiger partial charge is 0.0167 e. The van der Waals surface area contributed by atoms with Gasteiger partial charge in [0, 0.05) is 12.6 Å². The molecule has 0 radical (unpaired) electrons. The highest BCUT2D eigenvalue weighted by Crippen LogP contribution is 2.19. The molecule has 0 aromatic rings. The van der Waals surface area contributed by atoms with Crippen LogP contribution in [-0.2, 0) is 0 Å². The molecule has 0 amide bonds. The minimum Gasteiger partial charge on any atom is -0.327 e. The summed E-state index contributed by atoms with van der Waals surface area (Å²) in [6.07, 6.45) is 6.51. The standard InChI is InChI=1S/C12H26N2/c1-3-5-12(13)10-14-8-6-11(4-2)7-9-14/h11-12H,3-10,13H2,1-2H3. The van der Waals surface area contributed by atoms with Crippen molar-refractivity contribution in [3.05, 3.63) is 0 Å². The Labute approximate surface area is 88.8 Å². The molecule has 0 aromatic heterocycles. The summed E-state index contributed by atoms with van der Waals surface area (Å²) >= 11 is 0. The Bertz CT molecular complexity index is 139. The van der Waals surface area contributed by atoms with E-state index in [9.17, 15) is 0 Å². The summed E-state index contributed by atoms with van der Waals surface area (Å²) in [5.74, 6) is 0.980. The predicted octanol–water partition coefficient (Wildman–Crippen LogP) is 2.24. The lowest BCUT2D eigenvalue weighted by atomic mass is 9.94. The van der Waals surface area contributed by atoms with E-state index < -0.39 is 0 Å². The first-order valence-corrected chi connectivity index (χ1v) is 6.24. The highest BCUT2D eigenvalue weighted by Gasteiger charge is 2.18. The number of nitrogens with zero attached hydrogens (tertiary/aromatic N) is 1. The average Bonchev–Trinajstić information content (AvgIpc) is 2.19. The zero-order valence-electron chi connectivity index (χ0n) is 9.84. The summed E-state index contributed by atoms with van der Waals surface area (Å²) in [7, 11) is 0. The number of nitrogens with two attached hydrogens (primary N) is 1. The molecule has 1 atom stereocenters. The molecular formula is C12H26N2. The minimum absolute atomic E-state index is 0.401. The molecule has 1 unspecified atom stereocenters. The molecule has 14 heavy (non-hydrogen) atoms. The number of hydrogen-bond donors (Lipinski definition) is 1. The van der Waals surface area contributed by atoms with Crippen molar-refractivity contribution in [1.29, 1.82) is 0 Å². The maximum absolute atomic E-state index is 6.04. The van der Waals surface area contributed by atoms with Gasteiger partial charge in [-0.1, -0.05) is 26.7 Å². The van der Waals surface area contributed by atoms with Gasteiger partial charge in [-0.05, 0) is 38.3 Å². The summed E-state index contributed by atoms with van der Waals surface area (Å²) < 4.78 is 0. The minimum atomic E-state index is 0.401. The van der Waals surface area contributed by atoms with Crippen LogP contribution in [-0.4, -0.2) is 30.6 Å². The van der Waals surface area contributed by atoms with E-state index in [1.807, 2.05) is 0 Å². The van der Waals surface area contributed by atoms with Crippen LogP contribution >= 0.6 is 0 Å².